The van der Waals surface area contributed by atoms with Crippen LogP contribution in [0.3, 0.4) is 0 Å². The highest BCUT2D eigenvalue weighted by atomic mass is 32.1. The first-order chi connectivity index (χ1) is 13.0. The molecule has 3 rings (SSSR count). The van der Waals surface area contributed by atoms with Crippen LogP contribution in [0.5, 0.6) is 0 Å². The van der Waals surface area contributed by atoms with Crippen LogP contribution in [-0.2, 0) is 15.2 Å². The summed E-state index contributed by atoms with van der Waals surface area (Å²) in [6, 6.07) is 14.1. The van der Waals surface area contributed by atoms with Gasteiger partial charge in [-0.05, 0) is 41.4 Å². The number of thiophene rings is 1. The molecule has 0 unspecified atom stereocenters. The molecule has 0 bridgehead atoms. The lowest BCUT2D eigenvalue weighted by Crippen LogP contribution is -2.47. The third-order valence-electron chi connectivity index (χ3n) is 4.29. The van der Waals surface area contributed by atoms with Crippen molar-refractivity contribution in [3.05, 3.63) is 82.4 Å². The van der Waals surface area contributed by atoms with Gasteiger partial charge in [-0.25, -0.2) is 0 Å². The topological polar surface area (TPSA) is 91.6 Å². The highest BCUT2D eigenvalue weighted by Gasteiger charge is 2.36. The second-order valence-corrected chi connectivity index (χ2v) is 6.92. The highest BCUT2D eigenvalue weighted by Crippen LogP contribution is 2.30. The van der Waals surface area contributed by atoms with Gasteiger partial charge in [-0.1, -0.05) is 30.3 Å². The zero-order valence-electron chi connectivity index (χ0n) is 14.7. The number of furan rings is 1. The average Bonchev–Trinajstić information content (AvgIpc) is 3.40. The maximum absolute atomic E-state index is 12.2. The number of benzene rings is 1. The normalized spacial score (nSPS) is 14.1. The van der Waals surface area contributed by atoms with Crippen LogP contribution in [-0.4, -0.2) is 23.5 Å². The number of hydrogen-bond donors (Lipinski definition) is 3. The number of amides is 2. The summed E-state index contributed by atoms with van der Waals surface area (Å²) in [5, 5.41) is 19.8. The summed E-state index contributed by atoms with van der Waals surface area (Å²) in [5.74, 6) is -1.30. The van der Waals surface area contributed by atoms with Crippen LogP contribution in [0.25, 0.3) is 0 Å². The maximum atomic E-state index is 12.2. The van der Waals surface area contributed by atoms with Gasteiger partial charge in [0.1, 0.15) is 5.76 Å². The predicted molar refractivity (Wildman–Crippen MR) is 102 cm³/mol. The van der Waals surface area contributed by atoms with E-state index in [2.05, 4.69) is 10.6 Å². The van der Waals surface area contributed by atoms with Crippen molar-refractivity contribution >= 4 is 23.2 Å². The Morgan fingerprint density at radius 2 is 1.93 bits per heavy atom. The maximum Gasteiger partial charge on any atom is 0.309 e. The van der Waals surface area contributed by atoms with Crippen molar-refractivity contribution < 1.29 is 19.1 Å². The van der Waals surface area contributed by atoms with Gasteiger partial charge < -0.3 is 20.2 Å². The number of nitrogens with one attached hydrogen (secondary N) is 2. The van der Waals surface area contributed by atoms with E-state index in [-0.39, 0.29) is 12.6 Å². The zero-order valence-corrected chi connectivity index (χ0v) is 15.5. The van der Waals surface area contributed by atoms with Crippen LogP contribution in [0.2, 0.25) is 0 Å². The first-order valence-electron chi connectivity index (χ1n) is 8.43. The second kappa shape index (κ2) is 8.20. The molecule has 0 fully saturated rings. The summed E-state index contributed by atoms with van der Waals surface area (Å²) in [6.07, 6.45) is 1.45. The van der Waals surface area contributed by atoms with Crippen LogP contribution in [0.4, 0.5) is 0 Å². The van der Waals surface area contributed by atoms with Gasteiger partial charge in [0, 0.05) is 5.56 Å². The molecule has 2 atom stereocenters. The van der Waals surface area contributed by atoms with Crippen LogP contribution < -0.4 is 10.6 Å². The van der Waals surface area contributed by atoms with E-state index < -0.39 is 17.4 Å². The molecule has 0 aliphatic rings. The molecule has 0 saturated carbocycles. The third-order valence-corrected chi connectivity index (χ3v) is 4.97. The molecule has 2 heterocycles. The van der Waals surface area contributed by atoms with E-state index in [9.17, 15) is 14.7 Å². The Balaban J connectivity index is 1.65. The fourth-order valence-corrected chi connectivity index (χ4v) is 3.44. The molecule has 0 spiro atoms. The summed E-state index contributed by atoms with van der Waals surface area (Å²) < 4.78 is 5.34. The lowest BCUT2D eigenvalue weighted by Gasteiger charge is -2.25. The van der Waals surface area contributed by atoms with Crippen molar-refractivity contribution in [2.45, 2.75) is 18.6 Å². The average molecular weight is 384 g/mol. The van der Waals surface area contributed by atoms with Gasteiger partial charge in [-0.3, -0.25) is 9.59 Å². The Hall–Kier alpha value is -2.90. The molecule has 3 N–H and O–H groups in total. The largest absolute Gasteiger partial charge is 0.466 e. The van der Waals surface area contributed by atoms with E-state index in [1.165, 1.54) is 17.6 Å². The van der Waals surface area contributed by atoms with Crippen molar-refractivity contribution in [3.8, 4) is 0 Å². The summed E-state index contributed by atoms with van der Waals surface area (Å²) in [6.45, 7) is 1.61. The van der Waals surface area contributed by atoms with Crippen molar-refractivity contribution in [3.63, 3.8) is 0 Å². The zero-order chi connectivity index (χ0) is 19.3. The van der Waals surface area contributed by atoms with E-state index in [0.717, 1.165) is 5.56 Å². The fourth-order valence-electron chi connectivity index (χ4n) is 2.72. The Kier molecular flexibility index (Phi) is 5.73. The Morgan fingerprint density at radius 3 is 2.56 bits per heavy atom. The molecular weight excluding hydrogens is 364 g/mol. The number of carbonyl (C=O) groups is 2. The monoisotopic (exact) mass is 384 g/mol. The molecule has 6 nitrogen and oxygen atoms in total. The van der Waals surface area contributed by atoms with Crippen molar-refractivity contribution in [1.29, 1.82) is 0 Å². The van der Waals surface area contributed by atoms with Gasteiger partial charge in [0.25, 0.3) is 0 Å². The summed E-state index contributed by atoms with van der Waals surface area (Å²) in [7, 11) is 0. The van der Waals surface area contributed by atoms with Gasteiger partial charge in [-0.2, -0.15) is 11.3 Å². The van der Waals surface area contributed by atoms with Gasteiger partial charge in [-0.15, -0.1) is 0 Å². The molecule has 0 aliphatic heterocycles. The molecule has 2 aromatic heterocycles. The fraction of sp³-hybridized carbons (Fsp3) is 0.200. The van der Waals surface area contributed by atoms with Crippen molar-refractivity contribution in [1.82, 2.24) is 10.6 Å². The van der Waals surface area contributed by atoms with E-state index in [1.807, 2.05) is 35.7 Å². The van der Waals surface area contributed by atoms with E-state index in [1.54, 1.807) is 30.5 Å². The first-order valence-corrected chi connectivity index (χ1v) is 9.37. The molecule has 1 aromatic carbocycles. The smallest absolute Gasteiger partial charge is 0.309 e. The minimum atomic E-state index is -1.55. The predicted octanol–water partition coefficient (Wildman–Crippen LogP) is 2.57. The van der Waals surface area contributed by atoms with Gasteiger partial charge in [0.05, 0.1) is 18.8 Å². The molecule has 7 heteroatoms. The Bertz CT molecular complexity index is 842. The molecule has 0 radical (unpaired) electrons. The van der Waals surface area contributed by atoms with Gasteiger partial charge in [0.2, 0.25) is 0 Å². The number of rotatable bonds is 6. The number of aliphatic hydroxyl groups is 1. The molecule has 140 valence electrons. The molecule has 2 amide bonds. The van der Waals surface area contributed by atoms with Gasteiger partial charge in [0.15, 0.2) is 5.60 Å². The third kappa shape index (κ3) is 4.27. The summed E-state index contributed by atoms with van der Waals surface area (Å²) >= 11 is 1.42. The van der Waals surface area contributed by atoms with E-state index in [4.69, 9.17) is 4.42 Å². The van der Waals surface area contributed by atoms with Crippen molar-refractivity contribution in [2.75, 3.05) is 6.54 Å². The molecule has 3 aromatic rings. The van der Waals surface area contributed by atoms with Crippen LogP contribution in [0, 0.1) is 0 Å². The minimum absolute atomic E-state index is 0.191. The van der Waals surface area contributed by atoms with Crippen molar-refractivity contribution in [2.24, 2.45) is 0 Å². The minimum Gasteiger partial charge on any atom is -0.466 e. The molecule has 0 aliphatic carbocycles. The summed E-state index contributed by atoms with van der Waals surface area (Å²) in [4.78, 5) is 24.4. The van der Waals surface area contributed by atoms with Crippen LogP contribution in [0.15, 0.2) is 70.0 Å². The van der Waals surface area contributed by atoms with E-state index >= 15 is 0 Å². The SMILES string of the molecule is C[C@@H](NC(=O)C(=O)NC[C@](O)(c1ccsc1)c1ccco1)c1ccccc1. The highest BCUT2D eigenvalue weighted by molar-refractivity contribution is 7.08. The lowest BCUT2D eigenvalue weighted by molar-refractivity contribution is -0.140. The van der Waals surface area contributed by atoms with Crippen LogP contribution in [0.1, 0.15) is 29.9 Å². The summed E-state index contributed by atoms with van der Waals surface area (Å²) in [5.41, 5.74) is -0.0744. The van der Waals surface area contributed by atoms with E-state index in [0.29, 0.717) is 11.3 Å². The Labute approximate surface area is 160 Å². The lowest BCUT2D eigenvalue weighted by atomic mass is 9.93. The molecule has 0 saturated heterocycles. The molecular formula is C20H20N2O4S. The number of hydrogen-bond acceptors (Lipinski definition) is 5. The van der Waals surface area contributed by atoms with Gasteiger partial charge >= 0.3 is 11.8 Å². The quantitative estimate of drug-likeness (QED) is 0.570. The first kappa shape index (κ1) is 18.9. The van der Waals surface area contributed by atoms with Crippen LogP contribution >= 0.6 is 11.3 Å². The second-order valence-electron chi connectivity index (χ2n) is 6.14. The standard InChI is InChI=1S/C20H20N2O4S/c1-14(15-6-3-2-4-7-15)22-19(24)18(23)21-13-20(25,16-9-11-27-12-16)17-8-5-10-26-17/h2-12,14,25H,13H2,1H3,(H,21,23)(H,22,24)/t14-,20+/m1/s1. The number of carbonyl (C=O) groups excluding carboxylic acids is 2. The molecule has 27 heavy (non-hydrogen) atoms. The Morgan fingerprint density at radius 1 is 1.15 bits per heavy atom.